The van der Waals surface area contributed by atoms with Gasteiger partial charge >= 0.3 is 0 Å². The van der Waals surface area contributed by atoms with Crippen molar-refractivity contribution in [2.24, 2.45) is 0 Å². The molecule has 0 fully saturated rings. The molecule has 0 bridgehead atoms. The van der Waals surface area contributed by atoms with E-state index in [9.17, 15) is 10.5 Å². The number of nitrogens with zero attached hydrogens (tertiary/aromatic N) is 6. The summed E-state index contributed by atoms with van der Waals surface area (Å²) in [5.74, 6) is 0. The number of aromatic nitrogens is 4. The lowest BCUT2D eigenvalue weighted by Crippen LogP contribution is -2.14. The summed E-state index contributed by atoms with van der Waals surface area (Å²) in [7, 11) is 0. The van der Waals surface area contributed by atoms with Crippen LogP contribution in [-0.2, 0) is 0 Å². The van der Waals surface area contributed by atoms with Gasteiger partial charge in [-0.3, -0.25) is 0 Å². The molecule has 0 spiro atoms. The van der Waals surface area contributed by atoms with Crippen molar-refractivity contribution in [1.29, 1.82) is 10.5 Å². The molecule has 0 atom stereocenters. The van der Waals surface area contributed by atoms with Gasteiger partial charge in [-0.15, -0.1) is 0 Å². The van der Waals surface area contributed by atoms with Crippen LogP contribution in [0.1, 0.15) is 11.1 Å². The minimum Gasteiger partial charge on any atom is -0.309 e. The van der Waals surface area contributed by atoms with Crippen molar-refractivity contribution < 1.29 is 0 Å². The summed E-state index contributed by atoms with van der Waals surface area (Å²) in [6.45, 7) is 0. The zero-order chi connectivity index (χ0) is 51.6. The van der Waals surface area contributed by atoms with Gasteiger partial charge in [-0.25, -0.2) is 0 Å². The van der Waals surface area contributed by atoms with Crippen LogP contribution in [0.5, 0.6) is 0 Å². The van der Waals surface area contributed by atoms with Crippen molar-refractivity contribution in [3.63, 3.8) is 0 Å². The fourth-order valence-electron chi connectivity index (χ4n) is 13.1. The molecule has 78 heavy (non-hydrogen) atoms. The summed E-state index contributed by atoms with van der Waals surface area (Å²) in [6.07, 6.45) is 0. The van der Waals surface area contributed by atoms with Crippen molar-refractivity contribution in [3.05, 3.63) is 266 Å². The summed E-state index contributed by atoms with van der Waals surface area (Å²) < 4.78 is 9.27. The lowest BCUT2D eigenvalue weighted by Gasteiger charge is -2.26. The molecule has 0 N–H and O–H groups in total. The molecule has 0 aliphatic carbocycles. The minimum atomic E-state index is 0.375. The van der Waals surface area contributed by atoms with E-state index in [2.05, 4.69) is 285 Å². The van der Waals surface area contributed by atoms with E-state index in [1.807, 2.05) is 0 Å². The predicted molar refractivity (Wildman–Crippen MR) is 322 cm³/mol. The maximum atomic E-state index is 12.6. The van der Waals surface area contributed by atoms with Gasteiger partial charge in [0.15, 0.2) is 0 Å². The maximum absolute atomic E-state index is 12.6. The quantitative estimate of drug-likeness (QED) is 0.167. The second-order valence-electron chi connectivity index (χ2n) is 20.1. The van der Waals surface area contributed by atoms with Gasteiger partial charge in [-0.1, -0.05) is 194 Å². The van der Waals surface area contributed by atoms with Gasteiger partial charge in [0.25, 0.3) is 0 Å². The maximum Gasteiger partial charge on any atom is 0.104 e. The van der Waals surface area contributed by atoms with Gasteiger partial charge in [0, 0.05) is 59.9 Å². The average molecular weight is 991 g/mol. The van der Waals surface area contributed by atoms with Crippen LogP contribution >= 0.6 is 0 Å². The molecule has 6 nitrogen and oxygen atoms in total. The second kappa shape index (κ2) is 16.8. The summed E-state index contributed by atoms with van der Waals surface area (Å²) in [5, 5.41) is 35.8. The number of benzene rings is 12. The van der Waals surface area contributed by atoms with E-state index in [0.717, 1.165) is 126 Å². The first kappa shape index (κ1) is 43.5. The highest BCUT2D eigenvalue weighted by Crippen LogP contribution is 2.52. The molecule has 4 heterocycles. The second-order valence-corrected chi connectivity index (χ2v) is 20.1. The number of fused-ring (bicyclic) bond motifs is 14. The molecule has 0 amide bonds. The third-order valence-corrected chi connectivity index (χ3v) is 16.2. The van der Waals surface area contributed by atoms with Crippen molar-refractivity contribution in [2.45, 2.75) is 0 Å². The Morgan fingerprint density at radius 2 is 0.692 bits per heavy atom. The first-order valence-electron chi connectivity index (χ1n) is 26.3. The molecule has 16 rings (SSSR count). The third-order valence-electron chi connectivity index (χ3n) is 16.2. The number of nitriles is 2. The summed E-state index contributed by atoms with van der Waals surface area (Å²) in [6, 6.07) is 95.5. The van der Waals surface area contributed by atoms with Gasteiger partial charge in [0.1, 0.15) is 23.3 Å². The third kappa shape index (κ3) is 6.00. The van der Waals surface area contributed by atoms with E-state index in [0.29, 0.717) is 28.2 Å². The fraction of sp³-hybridized carbons (Fsp3) is 0. The minimum absolute atomic E-state index is 0.375. The Hall–Kier alpha value is -10.9. The zero-order valence-corrected chi connectivity index (χ0v) is 41.9. The number of rotatable bonds is 6. The smallest absolute Gasteiger partial charge is 0.104 e. The predicted octanol–water partition coefficient (Wildman–Crippen LogP) is 18.3. The topological polar surface area (TPSA) is 67.3 Å². The highest BCUT2D eigenvalue weighted by atomic mass is 15.1. The Bertz CT molecular complexity index is 5030. The van der Waals surface area contributed by atoms with Gasteiger partial charge < -0.3 is 18.3 Å². The van der Waals surface area contributed by atoms with E-state index in [1.165, 1.54) is 0 Å². The van der Waals surface area contributed by atoms with Crippen LogP contribution in [0.2, 0.25) is 0 Å². The van der Waals surface area contributed by atoms with Crippen molar-refractivity contribution in [3.8, 4) is 57.1 Å². The lowest BCUT2D eigenvalue weighted by atomic mass is 9.90. The van der Waals surface area contributed by atoms with Crippen LogP contribution in [0.15, 0.2) is 255 Å². The summed E-state index contributed by atoms with van der Waals surface area (Å²) in [5.41, 5.74) is 15.1. The highest BCUT2D eigenvalue weighted by molar-refractivity contribution is 6.29. The lowest BCUT2D eigenvalue weighted by molar-refractivity contribution is 1.08. The molecule has 6 heteroatoms. The molecule has 0 saturated carbocycles. The molecule has 0 aliphatic rings. The summed E-state index contributed by atoms with van der Waals surface area (Å²) >= 11 is 0. The van der Waals surface area contributed by atoms with Gasteiger partial charge in [-0.2, -0.15) is 10.5 Å². The van der Waals surface area contributed by atoms with Crippen molar-refractivity contribution >= 4 is 98.0 Å². The molecular formula is C72H42N6. The SMILES string of the molecule is N#Cc1c(-n2c3ccccc3c3ccccc32)c(-c2ccc3ccccc3c2)c(-n2c3ccccc3c3ccccc32)c(C#N)c1-n1c2ccccc2c2cc(-c3ccccc3)c3c(c4ccccc4n3-c3ccccc3)c21. The van der Waals surface area contributed by atoms with Crippen LogP contribution in [0.3, 0.4) is 0 Å². The highest BCUT2D eigenvalue weighted by Gasteiger charge is 2.34. The molecule has 0 saturated heterocycles. The van der Waals surface area contributed by atoms with Crippen LogP contribution in [-0.4, -0.2) is 18.3 Å². The summed E-state index contributed by atoms with van der Waals surface area (Å²) in [4.78, 5) is 0. The Kier molecular flexibility index (Phi) is 9.36. The van der Waals surface area contributed by atoms with Crippen molar-refractivity contribution in [2.75, 3.05) is 0 Å². The zero-order valence-electron chi connectivity index (χ0n) is 41.9. The van der Waals surface area contributed by atoms with Crippen LogP contribution in [0.25, 0.3) is 143 Å². The molecule has 0 radical (unpaired) electrons. The van der Waals surface area contributed by atoms with Gasteiger partial charge in [0.2, 0.25) is 0 Å². The van der Waals surface area contributed by atoms with Gasteiger partial charge in [-0.05, 0) is 82.6 Å². The number of hydrogen-bond donors (Lipinski definition) is 0. The van der Waals surface area contributed by atoms with E-state index >= 15 is 0 Å². The molecule has 16 aromatic rings. The van der Waals surface area contributed by atoms with E-state index in [-0.39, 0.29) is 0 Å². The first-order chi connectivity index (χ1) is 38.7. The number of hydrogen-bond acceptors (Lipinski definition) is 2. The van der Waals surface area contributed by atoms with Gasteiger partial charge in [0.05, 0.1) is 61.2 Å². The van der Waals surface area contributed by atoms with Crippen LogP contribution < -0.4 is 0 Å². The fourth-order valence-corrected chi connectivity index (χ4v) is 13.1. The van der Waals surface area contributed by atoms with E-state index < -0.39 is 0 Å². The van der Waals surface area contributed by atoms with E-state index in [1.54, 1.807) is 0 Å². The molecule has 0 unspecified atom stereocenters. The van der Waals surface area contributed by atoms with Crippen molar-refractivity contribution in [1.82, 2.24) is 18.3 Å². The van der Waals surface area contributed by atoms with Crippen LogP contribution in [0, 0.1) is 22.7 Å². The molecule has 0 aliphatic heterocycles. The Morgan fingerprint density at radius 3 is 1.21 bits per heavy atom. The Balaban J connectivity index is 1.21. The molecular weight excluding hydrogens is 949 g/mol. The average Bonchev–Trinajstić information content (AvgIpc) is 4.25. The molecule has 360 valence electrons. The Morgan fingerprint density at radius 1 is 0.282 bits per heavy atom. The monoisotopic (exact) mass is 990 g/mol. The molecule has 4 aromatic heterocycles. The van der Waals surface area contributed by atoms with E-state index in [4.69, 9.17) is 0 Å². The first-order valence-corrected chi connectivity index (χ1v) is 26.3. The van der Waals surface area contributed by atoms with Crippen LogP contribution in [0.4, 0.5) is 0 Å². The number of para-hydroxylation sites is 7. The normalized spacial score (nSPS) is 11.8. The largest absolute Gasteiger partial charge is 0.309 e. The molecule has 12 aromatic carbocycles. The standard InChI is InChI=1S/C72H42N6/c73-43-58-68(78-64-37-19-13-31-54(64)57-42-56(46-22-3-1-4-23-46)69-67(70(57)78)55-32-14-20-38-65(55)75(69)49-25-5-2-6-26-49)59(44-74)72(77-62-35-17-11-29-52(62)53-30-12-18-36-63(53)77)66(48-40-39-45-21-7-8-24-47(45)41-48)71(58)76-60-33-15-9-27-50(60)51-28-10-16-34-61(51)76/h1-42H. The Labute approximate surface area is 447 Å².